The van der Waals surface area contributed by atoms with E-state index in [0.29, 0.717) is 0 Å². The summed E-state index contributed by atoms with van der Waals surface area (Å²) in [5.41, 5.74) is 4.70. The summed E-state index contributed by atoms with van der Waals surface area (Å²) >= 11 is 0. The number of rotatable bonds is 6. The number of carboxylic acid groups (broad SMARTS) is 1. The van der Waals surface area contributed by atoms with Crippen molar-refractivity contribution in [1.82, 2.24) is 10.2 Å². The topological polar surface area (TPSA) is 113 Å². The van der Waals surface area contributed by atoms with Crippen molar-refractivity contribution in [2.75, 3.05) is 6.54 Å². The molecule has 7 heteroatoms. The number of hydrogen-bond acceptors (Lipinski definition) is 3. The van der Waals surface area contributed by atoms with E-state index in [9.17, 15) is 14.4 Å². The van der Waals surface area contributed by atoms with Crippen LogP contribution >= 0.6 is 0 Å². The standard InChI is InChI=1S/C13H25N3O4/c1-8(2)16(7-10(14)17)12(20)15-9(6-11(18)19)13(3,4)5/h8-9H,6-7H2,1-5H3,(H2,14,17)(H,15,20)(H,18,19). The summed E-state index contributed by atoms with van der Waals surface area (Å²) in [6.45, 7) is 8.84. The Balaban J connectivity index is 4.96. The minimum atomic E-state index is -0.990. The molecule has 0 bridgehead atoms. The SMILES string of the molecule is CC(C)N(CC(N)=O)C(=O)NC(CC(=O)O)C(C)(C)C. The second-order valence-corrected chi connectivity index (χ2v) is 6.15. The van der Waals surface area contributed by atoms with Crippen LogP contribution in [-0.2, 0) is 9.59 Å². The second kappa shape index (κ2) is 7.12. The van der Waals surface area contributed by atoms with Crippen molar-refractivity contribution in [3.63, 3.8) is 0 Å². The molecule has 0 fully saturated rings. The van der Waals surface area contributed by atoms with Crippen LogP contribution in [-0.4, -0.2) is 46.5 Å². The number of urea groups is 1. The van der Waals surface area contributed by atoms with E-state index in [1.165, 1.54) is 4.90 Å². The number of carboxylic acids is 1. The lowest BCUT2D eigenvalue weighted by Crippen LogP contribution is -2.53. The Morgan fingerprint density at radius 1 is 1.25 bits per heavy atom. The first-order valence-electron chi connectivity index (χ1n) is 6.52. The van der Waals surface area contributed by atoms with Crippen molar-refractivity contribution < 1.29 is 19.5 Å². The largest absolute Gasteiger partial charge is 0.481 e. The van der Waals surface area contributed by atoms with Crippen molar-refractivity contribution in [3.8, 4) is 0 Å². The maximum atomic E-state index is 12.2. The number of nitrogens with two attached hydrogens (primary N) is 1. The van der Waals surface area contributed by atoms with Crippen LogP contribution in [0.25, 0.3) is 0 Å². The molecular weight excluding hydrogens is 262 g/mol. The minimum absolute atomic E-state index is 0.183. The molecular formula is C13H25N3O4. The highest BCUT2D eigenvalue weighted by Gasteiger charge is 2.30. The van der Waals surface area contributed by atoms with Crippen LogP contribution in [0.1, 0.15) is 41.0 Å². The smallest absolute Gasteiger partial charge is 0.318 e. The van der Waals surface area contributed by atoms with Gasteiger partial charge in [0.1, 0.15) is 6.54 Å². The zero-order valence-corrected chi connectivity index (χ0v) is 12.8. The van der Waals surface area contributed by atoms with Gasteiger partial charge in [0.2, 0.25) is 5.91 Å². The molecule has 20 heavy (non-hydrogen) atoms. The van der Waals surface area contributed by atoms with E-state index >= 15 is 0 Å². The van der Waals surface area contributed by atoms with Crippen LogP contribution in [0.3, 0.4) is 0 Å². The van der Waals surface area contributed by atoms with Gasteiger partial charge in [-0.05, 0) is 19.3 Å². The number of primary amides is 1. The van der Waals surface area contributed by atoms with Crippen molar-refractivity contribution in [3.05, 3.63) is 0 Å². The molecule has 0 aromatic carbocycles. The number of aliphatic carboxylic acids is 1. The first-order chi connectivity index (χ1) is 8.95. The quantitative estimate of drug-likeness (QED) is 0.670. The molecule has 0 rings (SSSR count). The van der Waals surface area contributed by atoms with Gasteiger partial charge < -0.3 is 21.1 Å². The molecule has 1 unspecified atom stereocenters. The van der Waals surface area contributed by atoms with Gasteiger partial charge in [0.25, 0.3) is 0 Å². The number of nitrogens with zero attached hydrogens (tertiary/aromatic N) is 1. The molecule has 3 amide bonds. The minimum Gasteiger partial charge on any atom is -0.481 e. The van der Waals surface area contributed by atoms with Crippen molar-refractivity contribution in [2.24, 2.45) is 11.1 Å². The van der Waals surface area contributed by atoms with Gasteiger partial charge in [0.15, 0.2) is 0 Å². The Morgan fingerprint density at radius 2 is 1.75 bits per heavy atom. The van der Waals surface area contributed by atoms with Crippen LogP contribution in [0, 0.1) is 5.41 Å². The number of carbonyl (C=O) groups is 3. The molecule has 0 aliphatic heterocycles. The Labute approximate surface area is 119 Å². The summed E-state index contributed by atoms with van der Waals surface area (Å²) in [5, 5.41) is 11.6. The number of hydrogen-bond donors (Lipinski definition) is 3. The third kappa shape index (κ3) is 6.40. The van der Waals surface area contributed by atoms with Gasteiger partial charge in [-0.15, -0.1) is 0 Å². The lowest BCUT2D eigenvalue weighted by molar-refractivity contribution is -0.138. The lowest BCUT2D eigenvalue weighted by Gasteiger charge is -2.34. The van der Waals surface area contributed by atoms with E-state index in [2.05, 4.69) is 5.32 Å². The summed E-state index contributed by atoms with van der Waals surface area (Å²) in [7, 11) is 0. The van der Waals surface area contributed by atoms with E-state index in [1.54, 1.807) is 13.8 Å². The fraction of sp³-hybridized carbons (Fsp3) is 0.769. The third-order valence-corrected chi connectivity index (χ3v) is 2.93. The molecule has 0 saturated heterocycles. The Hall–Kier alpha value is -1.79. The highest BCUT2D eigenvalue weighted by molar-refractivity contribution is 5.83. The molecule has 0 aromatic rings. The first-order valence-corrected chi connectivity index (χ1v) is 6.52. The van der Waals surface area contributed by atoms with E-state index in [1.807, 2.05) is 20.8 Å². The van der Waals surface area contributed by atoms with Crippen LogP contribution in [0.2, 0.25) is 0 Å². The number of carbonyl (C=O) groups excluding carboxylic acids is 2. The zero-order chi connectivity index (χ0) is 16.1. The van der Waals surface area contributed by atoms with Crippen molar-refractivity contribution >= 4 is 17.9 Å². The van der Waals surface area contributed by atoms with Crippen LogP contribution in [0.4, 0.5) is 4.79 Å². The molecule has 0 radical (unpaired) electrons. The van der Waals surface area contributed by atoms with Gasteiger partial charge >= 0.3 is 12.0 Å². The molecule has 0 aromatic heterocycles. The molecule has 1 atom stereocenters. The van der Waals surface area contributed by atoms with Gasteiger partial charge in [-0.3, -0.25) is 9.59 Å². The van der Waals surface area contributed by atoms with E-state index in [-0.39, 0.29) is 19.0 Å². The Bertz CT molecular complexity index is 374. The maximum Gasteiger partial charge on any atom is 0.318 e. The predicted molar refractivity (Wildman–Crippen MR) is 75.1 cm³/mol. The molecule has 116 valence electrons. The zero-order valence-electron chi connectivity index (χ0n) is 12.8. The molecule has 7 nitrogen and oxygen atoms in total. The van der Waals surface area contributed by atoms with Crippen LogP contribution < -0.4 is 11.1 Å². The van der Waals surface area contributed by atoms with E-state index < -0.39 is 29.4 Å². The van der Waals surface area contributed by atoms with Crippen LogP contribution in [0.15, 0.2) is 0 Å². The fourth-order valence-electron chi connectivity index (χ4n) is 1.64. The maximum absolute atomic E-state index is 12.2. The first kappa shape index (κ1) is 18.2. The Kier molecular flexibility index (Phi) is 6.48. The normalized spacial score (nSPS) is 12.9. The molecule has 0 heterocycles. The number of nitrogens with one attached hydrogen (secondary N) is 1. The van der Waals surface area contributed by atoms with Gasteiger partial charge in [-0.1, -0.05) is 20.8 Å². The van der Waals surface area contributed by atoms with Gasteiger partial charge in [-0.25, -0.2) is 4.79 Å². The average molecular weight is 287 g/mol. The fourth-order valence-corrected chi connectivity index (χ4v) is 1.64. The summed E-state index contributed by atoms with van der Waals surface area (Å²) in [4.78, 5) is 35.3. The monoisotopic (exact) mass is 287 g/mol. The summed E-state index contributed by atoms with van der Waals surface area (Å²) in [5.74, 6) is -1.60. The van der Waals surface area contributed by atoms with Gasteiger partial charge in [-0.2, -0.15) is 0 Å². The van der Waals surface area contributed by atoms with Crippen molar-refractivity contribution in [2.45, 2.75) is 53.1 Å². The predicted octanol–water partition coefficient (Wildman–Crippen LogP) is 0.781. The van der Waals surface area contributed by atoms with Crippen molar-refractivity contribution in [1.29, 1.82) is 0 Å². The van der Waals surface area contributed by atoms with E-state index in [4.69, 9.17) is 10.8 Å². The highest BCUT2D eigenvalue weighted by Crippen LogP contribution is 2.22. The van der Waals surface area contributed by atoms with Gasteiger partial charge in [0.05, 0.1) is 6.42 Å². The molecule has 0 saturated carbocycles. The molecule has 0 aliphatic carbocycles. The average Bonchev–Trinajstić information content (AvgIpc) is 2.22. The third-order valence-electron chi connectivity index (χ3n) is 2.93. The molecule has 0 aliphatic rings. The molecule has 0 spiro atoms. The molecule has 4 N–H and O–H groups in total. The Morgan fingerprint density at radius 3 is 2.05 bits per heavy atom. The summed E-state index contributed by atoms with van der Waals surface area (Å²) in [6, 6.07) is -1.24. The summed E-state index contributed by atoms with van der Waals surface area (Å²) < 4.78 is 0. The lowest BCUT2D eigenvalue weighted by atomic mass is 9.85. The van der Waals surface area contributed by atoms with E-state index in [0.717, 1.165) is 0 Å². The number of amides is 3. The summed E-state index contributed by atoms with van der Waals surface area (Å²) in [6.07, 6.45) is -0.183. The highest BCUT2D eigenvalue weighted by atomic mass is 16.4. The van der Waals surface area contributed by atoms with Gasteiger partial charge in [0, 0.05) is 12.1 Å². The second-order valence-electron chi connectivity index (χ2n) is 6.15. The van der Waals surface area contributed by atoms with Crippen LogP contribution in [0.5, 0.6) is 0 Å².